The maximum atomic E-state index is 11.4. The number of Topliss-reactive ketones (excluding diaryl/α,β-unsaturated/α-hetero) is 1. The van der Waals surface area contributed by atoms with Crippen LogP contribution in [0.1, 0.15) is 41.0 Å². The van der Waals surface area contributed by atoms with Crippen molar-refractivity contribution in [2.75, 3.05) is 0 Å². The molecule has 1 heterocycles. The average Bonchev–Trinajstić information content (AvgIpc) is 2.13. The molecule has 0 saturated carbocycles. The Kier molecular flexibility index (Phi) is 3.48. The fourth-order valence-corrected chi connectivity index (χ4v) is 2.24. The Bertz CT molecular complexity index is 273. The highest BCUT2D eigenvalue weighted by Gasteiger charge is 2.55. The SMILES string of the molecule is CC(=O)C1(O)C(O)CC(C)(C(C)C)OC1C. The molecule has 1 rings (SSSR count). The summed E-state index contributed by atoms with van der Waals surface area (Å²) in [5, 5.41) is 20.2. The minimum absolute atomic E-state index is 0.209. The highest BCUT2D eigenvalue weighted by atomic mass is 16.5. The molecule has 4 nitrogen and oxygen atoms in total. The molecule has 2 N–H and O–H groups in total. The van der Waals surface area contributed by atoms with E-state index >= 15 is 0 Å². The van der Waals surface area contributed by atoms with Crippen molar-refractivity contribution in [2.24, 2.45) is 5.92 Å². The Balaban J connectivity index is 3.00. The molecule has 16 heavy (non-hydrogen) atoms. The van der Waals surface area contributed by atoms with Gasteiger partial charge in [0.05, 0.1) is 17.8 Å². The van der Waals surface area contributed by atoms with Crippen LogP contribution in [0.25, 0.3) is 0 Å². The van der Waals surface area contributed by atoms with Gasteiger partial charge in [-0.25, -0.2) is 0 Å². The van der Waals surface area contributed by atoms with E-state index in [9.17, 15) is 15.0 Å². The lowest BCUT2D eigenvalue weighted by molar-refractivity contribution is -0.253. The summed E-state index contributed by atoms with van der Waals surface area (Å²) in [6.45, 7) is 8.80. The number of hydrogen-bond donors (Lipinski definition) is 2. The van der Waals surface area contributed by atoms with Crippen LogP contribution in [0.15, 0.2) is 0 Å². The third-order valence-corrected chi connectivity index (χ3v) is 3.96. The summed E-state index contributed by atoms with van der Waals surface area (Å²) in [6.07, 6.45) is -1.49. The van der Waals surface area contributed by atoms with Crippen molar-refractivity contribution in [3.8, 4) is 0 Å². The van der Waals surface area contributed by atoms with Crippen LogP contribution < -0.4 is 0 Å². The fourth-order valence-electron chi connectivity index (χ4n) is 2.24. The summed E-state index contributed by atoms with van der Waals surface area (Å²) < 4.78 is 5.75. The summed E-state index contributed by atoms with van der Waals surface area (Å²) >= 11 is 0. The van der Waals surface area contributed by atoms with Crippen LogP contribution in [0.4, 0.5) is 0 Å². The molecule has 0 bridgehead atoms. The Morgan fingerprint density at radius 3 is 2.31 bits per heavy atom. The van der Waals surface area contributed by atoms with Gasteiger partial charge in [-0.05, 0) is 26.7 Å². The van der Waals surface area contributed by atoms with Gasteiger partial charge in [0.15, 0.2) is 11.4 Å². The number of aliphatic hydroxyl groups excluding tert-OH is 1. The number of hydrogen-bond acceptors (Lipinski definition) is 4. The molecule has 0 aromatic carbocycles. The Morgan fingerprint density at radius 1 is 1.50 bits per heavy atom. The Morgan fingerprint density at radius 2 is 2.00 bits per heavy atom. The second-order valence-electron chi connectivity index (χ2n) is 5.33. The van der Waals surface area contributed by atoms with Crippen LogP contribution >= 0.6 is 0 Å². The van der Waals surface area contributed by atoms with E-state index in [1.807, 2.05) is 20.8 Å². The molecule has 4 unspecified atom stereocenters. The van der Waals surface area contributed by atoms with Crippen LogP contribution in [0.2, 0.25) is 0 Å². The molecule has 0 aromatic heterocycles. The molecule has 0 aliphatic carbocycles. The smallest absolute Gasteiger partial charge is 0.174 e. The number of carbonyl (C=O) groups excluding carboxylic acids is 1. The van der Waals surface area contributed by atoms with Crippen molar-refractivity contribution in [2.45, 2.75) is 64.4 Å². The van der Waals surface area contributed by atoms with Gasteiger partial charge in [0.1, 0.15) is 0 Å². The first-order valence-corrected chi connectivity index (χ1v) is 5.74. The number of aliphatic hydroxyl groups is 2. The van der Waals surface area contributed by atoms with Crippen LogP contribution in [0.3, 0.4) is 0 Å². The standard InChI is InChI=1S/C12H22O4/c1-7(2)11(5)6-10(14)12(15,8(3)13)9(4)16-11/h7,9-10,14-15H,6H2,1-5H3. The predicted octanol–water partition coefficient (Wildman–Crippen LogP) is 0.891. The van der Waals surface area contributed by atoms with Crippen LogP contribution in [-0.4, -0.2) is 39.4 Å². The lowest BCUT2D eigenvalue weighted by atomic mass is 9.74. The van der Waals surface area contributed by atoms with Gasteiger partial charge in [0.2, 0.25) is 0 Å². The second-order valence-corrected chi connectivity index (χ2v) is 5.33. The molecule has 0 aromatic rings. The zero-order valence-corrected chi connectivity index (χ0v) is 10.7. The van der Waals surface area contributed by atoms with Crippen molar-refractivity contribution in [1.29, 1.82) is 0 Å². The van der Waals surface area contributed by atoms with Gasteiger partial charge in [-0.3, -0.25) is 4.79 Å². The Hall–Kier alpha value is -0.450. The molecule has 1 aliphatic rings. The molecule has 4 heteroatoms. The van der Waals surface area contributed by atoms with Crippen molar-refractivity contribution in [1.82, 2.24) is 0 Å². The van der Waals surface area contributed by atoms with Crippen molar-refractivity contribution in [3.05, 3.63) is 0 Å². The molecule has 94 valence electrons. The molecule has 0 radical (unpaired) electrons. The summed E-state index contributed by atoms with van der Waals surface area (Å²) in [7, 11) is 0. The number of ketones is 1. The lowest BCUT2D eigenvalue weighted by Gasteiger charge is -2.50. The van der Waals surface area contributed by atoms with Crippen molar-refractivity contribution in [3.63, 3.8) is 0 Å². The van der Waals surface area contributed by atoms with Crippen LogP contribution in [-0.2, 0) is 9.53 Å². The van der Waals surface area contributed by atoms with E-state index in [4.69, 9.17) is 4.74 Å². The molecule has 0 spiro atoms. The number of carbonyl (C=O) groups is 1. The molecule has 1 saturated heterocycles. The Labute approximate surface area is 96.6 Å². The first-order valence-electron chi connectivity index (χ1n) is 5.74. The van der Waals surface area contributed by atoms with E-state index in [1.54, 1.807) is 6.92 Å². The van der Waals surface area contributed by atoms with Gasteiger partial charge < -0.3 is 14.9 Å². The maximum absolute atomic E-state index is 11.4. The maximum Gasteiger partial charge on any atom is 0.174 e. The van der Waals surface area contributed by atoms with Crippen LogP contribution in [0.5, 0.6) is 0 Å². The van der Waals surface area contributed by atoms with Gasteiger partial charge in [-0.1, -0.05) is 13.8 Å². The molecule has 0 amide bonds. The summed E-state index contributed by atoms with van der Waals surface area (Å²) in [6, 6.07) is 0. The molecule has 1 fully saturated rings. The topological polar surface area (TPSA) is 66.8 Å². The largest absolute Gasteiger partial charge is 0.389 e. The van der Waals surface area contributed by atoms with Crippen molar-refractivity contribution >= 4 is 5.78 Å². The highest BCUT2D eigenvalue weighted by Crippen LogP contribution is 2.39. The molecule has 1 aliphatic heterocycles. The minimum atomic E-state index is -1.77. The lowest BCUT2D eigenvalue weighted by Crippen LogP contribution is -2.65. The van der Waals surface area contributed by atoms with Crippen molar-refractivity contribution < 1.29 is 19.7 Å². The highest BCUT2D eigenvalue weighted by molar-refractivity contribution is 5.86. The van der Waals surface area contributed by atoms with E-state index in [-0.39, 0.29) is 12.3 Å². The normalized spacial score (nSPS) is 44.8. The van der Waals surface area contributed by atoms with E-state index in [0.717, 1.165) is 0 Å². The third-order valence-electron chi connectivity index (χ3n) is 3.96. The first kappa shape index (κ1) is 13.6. The van der Waals surface area contributed by atoms with Gasteiger partial charge >= 0.3 is 0 Å². The quantitative estimate of drug-likeness (QED) is 0.739. The summed E-state index contributed by atoms with van der Waals surface area (Å²) in [5.74, 6) is -0.237. The molecule has 4 atom stereocenters. The summed E-state index contributed by atoms with van der Waals surface area (Å²) in [4.78, 5) is 11.4. The van der Waals surface area contributed by atoms with Gasteiger partial charge in [0.25, 0.3) is 0 Å². The monoisotopic (exact) mass is 230 g/mol. The van der Waals surface area contributed by atoms with Gasteiger partial charge in [0, 0.05) is 6.42 Å². The van der Waals surface area contributed by atoms with Gasteiger partial charge in [-0.15, -0.1) is 0 Å². The third kappa shape index (κ3) is 1.90. The molecular weight excluding hydrogens is 208 g/mol. The summed E-state index contributed by atoms with van der Waals surface area (Å²) in [5.41, 5.74) is -2.27. The number of ether oxygens (including phenoxy) is 1. The molecular formula is C12H22O4. The van der Waals surface area contributed by atoms with Crippen LogP contribution in [0, 0.1) is 5.92 Å². The first-order chi connectivity index (χ1) is 7.14. The predicted molar refractivity (Wildman–Crippen MR) is 60.0 cm³/mol. The zero-order chi connectivity index (χ0) is 12.7. The van der Waals surface area contributed by atoms with E-state index in [0.29, 0.717) is 0 Å². The minimum Gasteiger partial charge on any atom is -0.389 e. The number of rotatable bonds is 2. The zero-order valence-electron chi connectivity index (χ0n) is 10.7. The van der Waals surface area contributed by atoms with E-state index < -0.39 is 29.2 Å². The fraction of sp³-hybridized carbons (Fsp3) is 0.917. The second kappa shape index (κ2) is 4.09. The van der Waals surface area contributed by atoms with E-state index in [2.05, 4.69) is 0 Å². The van der Waals surface area contributed by atoms with E-state index in [1.165, 1.54) is 6.92 Å². The average molecular weight is 230 g/mol. The van der Waals surface area contributed by atoms with Gasteiger partial charge in [-0.2, -0.15) is 0 Å².